The van der Waals surface area contributed by atoms with E-state index in [4.69, 9.17) is 5.26 Å². The summed E-state index contributed by atoms with van der Waals surface area (Å²) in [6.45, 7) is 1.90. The number of hydrogen-bond acceptors (Lipinski definition) is 1. The molecule has 1 nitrogen and oxygen atoms in total. The predicted molar refractivity (Wildman–Crippen MR) is 45.9 cm³/mol. The van der Waals surface area contributed by atoms with Gasteiger partial charge >= 0.3 is 0 Å². The van der Waals surface area contributed by atoms with Crippen molar-refractivity contribution in [3.8, 4) is 6.07 Å². The van der Waals surface area contributed by atoms with Crippen LogP contribution in [0.4, 0.5) is 4.39 Å². The molecule has 60 valence electrons. The molecule has 0 fully saturated rings. The van der Waals surface area contributed by atoms with Gasteiger partial charge in [0.2, 0.25) is 0 Å². The molecule has 0 heterocycles. The highest BCUT2D eigenvalue weighted by molar-refractivity contribution is 5.75. The molecule has 0 aromatic heterocycles. The monoisotopic (exact) mass is 161 g/mol. The van der Waals surface area contributed by atoms with Gasteiger partial charge in [0.25, 0.3) is 0 Å². The van der Waals surface area contributed by atoms with Crippen molar-refractivity contribution in [2.24, 2.45) is 0 Å². The number of hydrogen-bond donors (Lipinski definition) is 0. The van der Waals surface area contributed by atoms with Crippen LogP contribution in [0.15, 0.2) is 30.6 Å². The van der Waals surface area contributed by atoms with Gasteiger partial charge < -0.3 is 0 Å². The van der Waals surface area contributed by atoms with Gasteiger partial charge in [-0.3, -0.25) is 0 Å². The third kappa shape index (κ3) is 1.70. The van der Waals surface area contributed by atoms with E-state index in [-0.39, 0.29) is 5.57 Å². The zero-order valence-electron chi connectivity index (χ0n) is 6.71. The fourth-order valence-electron chi connectivity index (χ4n) is 0.965. The first-order chi connectivity index (χ1) is 5.77. The van der Waals surface area contributed by atoms with Gasteiger partial charge in [-0.2, -0.15) is 5.26 Å². The Morgan fingerprint density at radius 2 is 2.33 bits per heavy atom. The molecule has 1 rings (SSSR count). The van der Waals surface area contributed by atoms with E-state index in [0.29, 0.717) is 11.9 Å². The highest BCUT2D eigenvalue weighted by Crippen LogP contribution is 2.14. The lowest BCUT2D eigenvalue weighted by molar-refractivity contribution is 0.725. The second-order valence-corrected chi connectivity index (χ2v) is 2.50. The van der Waals surface area contributed by atoms with Gasteiger partial charge in [-0.25, -0.2) is 4.39 Å². The van der Waals surface area contributed by atoms with E-state index in [1.807, 2.05) is 13.0 Å². The van der Waals surface area contributed by atoms with Crippen molar-refractivity contribution in [3.05, 3.63) is 41.7 Å². The summed E-state index contributed by atoms with van der Waals surface area (Å²) in [4.78, 5) is 0. The third-order valence-corrected chi connectivity index (χ3v) is 1.56. The maximum Gasteiger partial charge on any atom is 0.105 e. The zero-order chi connectivity index (χ0) is 8.97. The number of nitriles is 1. The number of aryl methyl sites for hydroxylation is 1. The molecule has 0 aliphatic rings. The molecule has 1 aromatic rings. The van der Waals surface area contributed by atoms with Gasteiger partial charge in [-0.05, 0) is 12.5 Å². The summed E-state index contributed by atoms with van der Waals surface area (Å²) in [5.41, 5.74) is 1.71. The molecular formula is C10H8FN. The summed E-state index contributed by atoms with van der Waals surface area (Å²) < 4.78 is 12.1. The quantitative estimate of drug-likeness (QED) is 0.581. The highest BCUT2D eigenvalue weighted by Gasteiger charge is 1.98. The van der Waals surface area contributed by atoms with Crippen molar-refractivity contribution >= 4 is 5.57 Å². The summed E-state index contributed by atoms with van der Waals surface area (Å²) >= 11 is 0. The van der Waals surface area contributed by atoms with Gasteiger partial charge in [-0.15, -0.1) is 0 Å². The van der Waals surface area contributed by atoms with Crippen molar-refractivity contribution in [1.29, 1.82) is 5.26 Å². The van der Waals surface area contributed by atoms with E-state index in [2.05, 4.69) is 0 Å². The van der Waals surface area contributed by atoms with Gasteiger partial charge in [0.1, 0.15) is 12.4 Å². The van der Waals surface area contributed by atoms with E-state index in [1.54, 1.807) is 24.3 Å². The molecular weight excluding hydrogens is 153 g/mol. The van der Waals surface area contributed by atoms with E-state index in [9.17, 15) is 4.39 Å². The van der Waals surface area contributed by atoms with Crippen LogP contribution < -0.4 is 0 Å². The van der Waals surface area contributed by atoms with E-state index >= 15 is 0 Å². The van der Waals surface area contributed by atoms with E-state index < -0.39 is 0 Å². The van der Waals surface area contributed by atoms with Crippen LogP contribution in [0.25, 0.3) is 5.57 Å². The molecule has 0 saturated heterocycles. The van der Waals surface area contributed by atoms with Crippen molar-refractivity contribution in [2.45, 2.75) is 6.92 Å². The van der Waals surface area contributed by atoms with Crippen molar-refractivity contribution < 1.29 is 4.39 Å². The molecule has 0 bridgehead atoms. The Balaban J connectivity index is 3.13. The molecule has 0 N–H and O–H groups in total. The minimum absolute atomic E-state index is 0.0682. The first kappa shape index (κ1) is 8.48. The molecule has 0 amide bonds. The summed E-state index contributed by atoms with van der Waals surface area (Å²) in [7, 11) is 0. The molecule has 0 unspecified atom stereocenters. The Bertz CT molecular complexity index is 347. The van der Waals surface area contributed by atoms with Crippen LogP contribution in [0.2, 0.25) is 0 Å². The van der Waals surface area contributed by atoms with Crippen LogP contribution in [-0.4, -0.2) is 0 Å². The van der Waals surface area contributed by atoms with Gasteiger partial charge in [0.05, 0.1) is 5.57 Å². The summed E-state index contributed by atoms with van der Waals surface area (Å²) in [5, 5.41) is 8.51. The maximum atomic E-state index is 12.1. The first-order valence-electron chi connectivity index (χ1n) is 3.55. The Kier molecular flexibility index (Phi) is 2.60. The topological polar surface area (TPSA) is 23.8 Å². The molecule has 0 spiro atoms. The fourth-order valence-corrected chi connectivity index (χ4v) is 0.965. The standard InChI is InChI=1S/C10H8FN/c1-8-3-2-4-9(5-8)10(6-11)7-12/h2-6H,1H3/b10-6+. The minimum atomic E-state index is 0.0682. The predicted octanol–water partition coefficient (Wildman–Crippen LogP) is 2.83. The fraction of sp³-hybridized carbons (Fsp3) is 0.100. The summed E-state index contributed by atoms with van der Waals surface area (Å²) in [5.74, 6) is 0. The lowest BCUT2D eigenvalue weighted by Crippen LogP contribution is -1.81. The number of nitrogens with zero attached hydrogens (tertiary/aromatic N) is 1. The SMILES string of the molecule is Cc1cccc(/C(C#N)=C/F)c1. The van der Waals surface area contributed by atoms with Crippen LogP contribution in [0.5, 0.6) is 0 Å². The molecule has 0 saturated carbocycles. The molecule has 2 heteroatoms. The zero-order valence-corrected chi connectivity index (χ0v) is 6.71. The average molecular weight is 161 g/mol. The lowest BCUT2D eigenvalue weighted by atomic mass is 10.1. The third-order valence-electron chi connectivity index (χ3n) is 1.56. The Hall–Kier alpha value is -1.62. The number of benzene rings is 1. The number of allylic oxidation sites excluding steroid dienone is 1. The van der Waals surface area contributed by atoms with Crippen molar-refractivity contribution in [3.63, 3.8) is 0 Å². The van der Waals surface area contributed by atoms with E-state index in [1.165, 1.54) is 0 Å². The minimum Gasteiger partial charge on any atom is -0.214 e. The molecule has 0 radical (unpaired) electrons. The van der Waals surface area contributed by atoms with Crippen LogP contribution in [0.3, 0.4) is 0 Å². The molecule has 0 atom stereocenters. The van der Waals surface area contributed by atoms with E-state index in [0.717, 1.165) is 5.56 Å². The highest BCUT2D eigenvalue weighted by atomic mass is 19.1. The Morgan fingerprint density at radius 1 is 1.58 bits per heavy atom. The van der Waals surface area contributed by atoms with Crippen LogP contribution in [0, 0.1) is 18.3 Å². The molecule has 0 aliphatic heterocycles. The van der Waals surface area contributed by atoms with Crippen LogP contribution >= 0.6 is 0 Å². The summed E-state index contributed by atoms with van der Waals surface area (Å²) in [6.07, 6.45) is 0.328. The normalized spacial score (nSPS) is 10.9. The second-order valence-electron chi connectivity index (χ2n) is 2.50. The van der Waals surface area contributed by atoms with Crippen LogP contribution in [0.1, 0.15) is 11.1 Å². The van der Waals surface area contributed by atoms with Gasteiger partial charge in [0.15, 0.2) is 0 Å². The first-order valence-corrected chi connectivity index (χ1v) is 3.55. The van der Waals surface area contributed by atoms with Crippen LogP contribution in [-0.2, 0) is 0 Å². The molecule has 0 aliphatic carbocycles. The van der Waals surface area contributed by atoms with Crippen molar-refractivity contribution in [1.82, 2.24) is 0 Å². The number of rotatable bonds is 1. The number of halogens is 1. The molecule has 12 heavy (non-hydrogen) atoms. The Labute approximate surface area is 70.8 Å². The van der Waals surface area contributed by atoms with Crippen molar-refractivity contribution in [2.75, 3.05) is 0 Å². The smallest absolute Gasteiger partial charge is 0.105 e. The maximum absolute atomic E-state index is 12.1. The Morgan fingerprint density at radius 3 is 2.83 bits per heavy atom. The van der Waals surface area contributed by atoms with Gasteiger partial charge in [-0.1, -0.05) is 29.8 Å². The van der Waals surface area contributed by atoms with Gasteiger partial charge in [0, 0.05) is 0 Å². The largest absolute Gasteiger partial charge is 0.214 e. The second kappa shape index (κ2) is 3.68. The lowest BCUT2D eigenvalue weighted by Gasteiger charge is -1.97. The molecule has 1 aromatic carbocycles. The average Bonchev–Trinajstić information content (AvgIpc) is 2.07. The summed E-state index contributed by atoms with van der Waals surface area (Å²) in [6, 6.07) is 8.96.